The van der Waals surface area contributed by atoms with Gasteiger partial charge >= 0.3 is 5.97 Å². The van der Waals surface area contributed by atoms with Gasteiger partial charge in [-0.05, 0) is 52.2 Å². The highest BCUT2D eigenvalue weighted by Gasteiger charge is 2.34. The summed E-state index contributed by atoms with van der Waals surface area (Å²) in [4.78, 5) is 25.2. The van der Waals surface area contributed by atoms with Crippen molar-refractivity contribution in [3.63, 3.8) is 0 Å². The molecule has 2 fully saturated rings. The SMILES string of the molecule is CN1CCC(NC(=O)[C@@H]2CC[C@H](C(=O)O)C2)CC1. The molecule has 0 spiro atoms. The summed E-state index contributed by atoms with van der Waals surface area (Å²) in [6, 6.07) is 0.276. The van der Waals surface area contributed by atoms with E-state index in [-0.39, 0.29) is 23.8 Å². The van der Waals surface area contributed by atoms with Crippen molar-refractivity contribution < 1.29 is 14.7 Å². The fraction of sp³-hybridized carbons (Fsp3) is 0.846. The van der Waals surface area contributed by atoms with Crippen molar-refractivity contribution in [3.8, 4) is 0 Å². The topological polar surface area (TPSA) is 69.6 Å². The molecular formula is C13H22N2O3. The fourth-order valence-corrected chi connectivity index (χ4v) is 2.92. The van der Waals surface area contributed by atoms with Crippen LogP contribution in [0.1, 0.15) is 32.1 Å². The summed E-state index contributed by atoms with van der Waals surface area (Å²) >= 11 is 0. The lowest BCUT2D eigenvalue weighted by Crippen LogP contribution is -2.45. The van der Waals surface area contributed by atoms with Gasteiger partial charge in [0.05, 0.1) is 5.92 Å². The molecule has 1 aliphatic carbocycles. The van der Waals surface area contributed by atoms with Crippen molar-refractivity contribution in [2.45, 2.75) is 38.1 Å². The average Bonchev–Trinajstić information content (AvgIpc) is 2.81. The van der Waals surface area contributed by atoms with Crippen LogP contribution >= 0.6 is 0 Å². The van der Waals surface area contributed by atoms with E-state index in [9.17, 15) is 9.59 Å². The predicted molar refractivity (Wildman–Crippen MR) is 67.1 cm³/mol. The number of carbonyl (C=O) groups is 2. The van der Waals surface area contributed by atoms with E-state index in [0.717, 1.165) is 32.4 Å². The Morgan fingerprint density at radius 1 is 1.11 bits per heavy atom. The van der Waals surface area contributed by atoms with Gasteiger partial charge in [0, 0.05) is 12.0 Å². The molecule has 1 amide bonds. The molecule has 18 heavy (non-hydrogen) atoms. The number of nitrogens with zero attached hydrogens (tertiary/aromatic N) is 1. The molecule has 1 heterocycles. The Morgan fingerprint density at radius 2 is 1.72 bits per heavy atom. The minimum absolute atomic E-state index is 0.0632. The van der Waals surface area contributed by atoms with E-state index in [1.807, 2.05) is 0 Å². The lowest BCUT2D eigenvalue weighted by atomic mass is 10.0. The Hall–Kier alpha value is -1.10. The Balaban J connectivity index is 1.77. The molecule has 1 saturated carbocycles. The van der Waals surface area contributed by atoms with Crippen LogP contribution in [-0.4, -0.2) is 48.1 Å². The molecule has 0 unspecified atom stereocenters. The first-order chi connectivity index (χ1) is 8.56. The number of carboxylic acid groups (broad SMARTS) is 1. The Morgan fingerprint density at radius 3 is 2.28 bits per heavy atom. The van der Waals surface area contributed by atoms with Gasteiger partial charge in [0.25, 0.3) is 0 Å². The number of nitrogens with one attached hydrogen (secondary N) is 1. The van der Waals surface area contributed by atoms with Crippen LogP contribution < -0.4 is 5.32 Å². The first kappa shape index (κ1) is 13.3. The van der Waals surface area contributed by atoms with Gasteiger partial charge in [-0.1, -0.05) is 0 Å². The summed E-state index contributed by atoms with van der Waals surface area (Å²) in [5.74, 6) is -1.11. The Bertz CT molecular complexity index is 324. The highest BCUT2D eigenvalue weighted by atomic mass is 16.4. The molecule has 0 aromatic heterocycles. The molecule has 1 saturated heterocycles. The molecule has 0 aromatic rings. The van der Waals surface area contributed by atoms with Crippen molar-refractivity contribution in [3.05, 3.63) is 0 Å². The zero-order valence-electron chi connectivity index (χ0n) is 10.9. The largest absolute Gasteiger partial charge is 0.481 e. The van der Waals surface area contributed by atoms with Crippen molar-refractivity contribution in [1.29, 1.82) is 0 Å². The third kappa shape index (κ3) is 3.22. The van der Waals surface area contributed by atoms with Crippen LogP contribution in [0.2, 0.25) is 0 Å². The molecule has 5 heteroatoms. The molecule has 1 aliphatic heterocycles. The molecule has 2 N–H and O–H groups in total. The second kappa shape index (κ2) is 5.69. The Labute approximate surface area is 108 Å². The van der Waals surface area contributed by atoms with Crippen molar-refractivity contribution in [2.24, 2.45) is 11.8 Å². The highest BCUT2D eigenvalue weighted by Crippen LogP contribution is 2.31. The molecule has 2 atom stereocenters. The van der Waals surface area contributed by atoms with Gasteiger partial charge in [-0.3, -0.25) is 9.59 Å². The first-order valence-electron chi connectivity index (χ1n) is 6.78. The van der Waals surface area contributed by atoms with E-state index < -0.39 is 5.97 Å². The average molecular weight is 254 g/mol. The smallest absolute Gasteiger partial charge is 0.306 e. The van der Waals surface area contributed by atoms with Crippen LogP contribution in [0.3, 0.4) is 0 Å². The predicted octanol–water partition coefficient (Wildman–Crippen LogP) is 0.698. The molecule has 102 valence electrons. The van der Waals surface area contributed by atoms with Gasteiger partial charge in [0.1, 0.15) is 0 Å². The number of hydrogen-bond acceptors (Lipinski definition) is 3. The van der Waals surface area contributed by atoms with Crippen LogP contribution in [0.25, 0.3) is 0 Å². The second-order valence-corrected chi connectivity index (χ2v) is 5.63. The van der Waals surface area contributed by atoms with Crippen LogP contribution in [0.15, 0.2) is 0 Å². The maximum Gasteiger partial charge on any atom is 0.306 e. The second-order valence-electron chi connectivity index (χ2n) is 5.63. The molecule has 2 aliphatic rings. The zero-order valence-corrected chi connectivity index (χ0v) is 10.9. The van der Waals surface area contributed by atoms with E-state index >= 15 is 0 Å². The van der Waals surface area contributed by atoms with Crippen LogP contribution in [0, 0.1) is 11.8 Å². The van der Waals surface area contributed by atoms with E-state index in [1.54, 1.807) is 0 Å². The maximum atomic E-state index is 12.0. The number of hydrogen-bond donors (Lipinski definition) is 2. The number of carbonyl (C=O) groups excluding carboxylic acids is 1. The summed E-state index contributed by atoms with van der Waals surface area (Å²) in [6.45, 7) is 2.04. The first-order valence-corrected chi connectivity index (χ1v) is 6.78. The lowest BCUT2D eigenvalue weighted by Gasteiger charge is -2.30. The normalized spacial score (nSPS) is 30.3. The third-order valence-corrected chi connectivity index (χ3v) is 4.22. The highest BCUT2D eigenvalue weighted by molar-refractivity contribution is 5.81. The van der Waals surface area contributed by atoms with Crippen LogP contribution in [-0.2, 0) is 9.59 Å². The Kier molecular flexibility index (Phi) is 4.22. The number of amides is 1. The lowest BCUT2D eigenvalue weighted by molar-refractivity contribution is -0.141. The van der Waals surface area contributed by atoms with Gasteiger partial charge < -0.3 is 15.3 Å². The quantitative estimate of drug-likeness (QED) is 0.778. The van der Waals surface area contributed by atoms with Gasteiger partial charge in [-0.2, -0.15) is 0 Å². The van der Waals surface area contributed by atoms with E-state index in [0.29, 0.717) is 12.8 Å². The van der Waals surface area contributed by atoms with Crippen LogP contribution in [0.4, 0.5) is 0 Å². The van der Waals surface area contributed by atoms with Gasteiger partial charge in [0.15, 0.2) is 0 Å². The number of rotatable bonds is 3. The standard InChI is InChI=1S/C13H22N2O3/c1-15-6-4-11(5-7-15)14-12(16)9-2-3-10(8-9)13(17)18/h9-11H,2-8H2,1H3,(H,14,16)(H,17,18)/t9-,10+/m1/s1. The fourth-order valence-electron chi connectivity index (χ4n) is 2.92. The van der Waals surface area contributed by atoms with Crippen LogP contribution in [0.5, 0.6) is 0 Å². The molecule has 0 bridgehead atoms. The van der Waals surface area contributed by atoms with E-state index in [1.165, 1.54) is 0 Å². The van der Waals surface area contributed by atoms with Crippen molar-refractivity contribution in [1.82, 2.24) is 10.2 Å². The number of likely N-dealkylation sites (tertiary alicyclic amines) is 1. The molecular weight excluding hydrogens is 232 g/mol. The van der Waals surface area contributed by atoms with Gasteiger partial charge in [0.2, 0.25) is 5.91 Å². The third-order valence-electron chi connectivity index (χ3n) is 4.22. The molecule has 0 radical (unpaired) electrons. The summed E-state index contributed by atoms with van der Waals surface area (Å²) in [5, 5.41) is 12.0. The summed E-state index contributed by atoms with van der Waals surface area (Å²) in [6.07, 6.45) is 3.86. The number of piperidine rings is 1. The monoisotopic (exact) mass is 254 g/mol. The summed E-state index contributed by atoms with van der Waals surface area (Å²) in [5.41, 5.74) is 0. The minimum atomic E-state index is -0.760. The van der Waals surface area contributed by atoms with Gasteiger partial charge in [-0.15, -0.1) is 0 Å². The molecule has 2 rings (SSSR count). The minimum Gasteiger partial charge on any atom is -0.481 e. The number of carboxylic acids is 1. The molecule has 5 nitrogen and oxygen atoms in total. The summed E-state index contributed by atoms with van der Waals surface area (Å²) < 4.78 is 0. The maximum absolute atomic E-state index is 12.0. The van der Waals surface area contributed by atoms with Crippen molar-refractivity contribution >= 4 is 11.9 Å². The number of aliphatic carboxylic acids is 1. The van der Waals surface area contributed by atoms with E-state index in [4.69, 9.17) is 5.11 Å². The van der Waals surface area contributed by atoms with Gasteiger partial charge in [-0.25, -0.2) is 0 Å². The summed E-state index contributed by atoms with van der Waals surface area (Å²) in [7, 11) is 2.09. The van der Waals surface area contributed by atoms with E-state index in [2.05, 4.69) is 17.3 Å². The molecule has 0 aromatic carbocycles. The van der Waals surface area contributed by atoms with Crippen molar-refractivity contribution in [2.75, 3.05) is 20.1 Å². The zero-order chi connectivity index (χ0) is 13.1.